The van der Waals surface area contributed by atoms with E-state index in [4.69, 9.17) is 14.8 Å². The van der Waals surface area contributed by atoms with Crippen LogP contribution in [0.2, 0.25) is 0 Å². The van der Waals surface area contributed by atoms with Crippen LogP contribution in [0.25, 0.3) is 0 Å². The van der Waals surface area contributed by atoms with Crippen LogP contribution in [0.1, 0.15) is 66.7 Å². The van der Waals surface area contributed by atoms with Gasteiger partial charge in [0.05, 0.1) is 19.3 Å². The molecule has 0 saturated carbocycles. The van der Waals surface area contributed by atoms with Gasteiger partial charge in [-0.2, -0.15) is 0 Å². The Labute approximate surface area is 182 Å². The Morgan fingerprint density at radius 1 is 1.00 bits per heavy atom. The summed E-state index contributed by atoms with van der Waals surface area (Å²) in [6.45, 7) is 10.4. The first-order valence-electron chi connectivity index (χ1n) is 11.1. The molecule has 9 nitrogen and oxygen atoms in total. The third-order valence-electron chi connectivity index (χ3n) is 4.63. The highest BCUT2D eigenvalue weighted by Gasteiger charge is 2.37. The van der Waals surface area contributed by atoms with Gasteiger partial charge in [0.15, 0.2) is 0 Å². The molecule has 0 aliphatic carbocycles. The van der Waals surface area contributed by atoms with E-state index in [2.05, 4.69) is 16.0 Å². The molecule has 0 saturated heterocycles. The summed E-state index contributed by atoms with van der Waals surface area (Å²) in [4.78, 5) is 25.3. The van der Waals surface area contributed by atoms with E-state index < -0.39 is 25.5 Å². The number of nitrogens with one attached hydrogen (secondary N) is 3. The topological polar surface area (TPSA) is 132 Å². The summed E-state index contributed by atoms with van der Waals surface area (Å²) in [7, 11) is -1.89. The van der Waals surface area contributed by atoms with E-state index in [9.17, 15) is 14.2 Å². The molecule has 0 aromatic heterocycles. The molecule has 0 aliphatic heterocycles. The van der Waals surface area contributed by atoms with E-state index in [0.29, 0.717) is 25.8 Å². The van der Waals surface area contributed by atoms with Crippen LogP contribution in [0.3, 0.4) is 0 Å². The lowest BCUT2D eigenvalue weighted by Crippen LogP contribution is -2.54. The fraction of sp³-hybridized carbons (Fsp3) is 0.900. The number of carbonyl (C=O) groups excluding carboxylic acids is 2. The van der Waals surface area contributed by atoms with Crippen molar-refractivity contribution in [3.8, 4) is 0 Å². The number of likely N-dealkylation sites (N-methyl/N-ethyl adjacent to an activating group) is 1. The second kappa shape index (κ2) is 15.8. The van der Waals surface area contributed by atoms with Crippen molar-refractivity contribution >= 4 is 19.4 Å². The van der Waals surface area contributed by atoms with E-state index in [1.54, 1.807) is 20.9 Å². The van der Waals surface area contributed by atoms with Gasteiger partial charge < -0.3 is 25.4 Å². The zero-order valence-corrected chi connectivity index (χ0v) is 20.4. The number of carbonyl (C=O) groups is 2. The predicted octanol–water partition coefficient (Wildman–Crippen LogP) is 2.35. The lowest BCUT2D eigenvalue weighted by molar-refractivity contribution is -0.130. The van der Waals surface area contributed by atoms with Gasteiger partial charge in [-0.1, -0.05) is 20.8 Å². The summed E-state index contributed by atoms with van der Waals surface area (Å²) in [5, 5.41) is 8.65. The number of amides is 2. The van der Waals surface area contributed by atoms with Crippen molar-refractivity contribution in [3.63, 3.8) is 0 Å². The van der Waals surface area contributed by atoms with Crippen LogP contribution in [0.15, 0.2) is 0 Å². The first kappa shape index (κ1) is 29.0. The van der Waals surface area contributed by atoms with E-state index in [-0.39, 0.29) is 30.9 Å². The molecule has 0 heterocycles. The van der Waals surface area contributed by atoms with Gasteiger partial charge in [-0.15, -0.1) is 0 Å². The molecule has 10 heteroatoms. The largest absolute Gasteiger partial charge is 0.357 e. The molecule has 30 heavy (non-hydrogen) atoms. The van der Waals surface area contributed by atoms with Gasteiger partial charge in [-0.3, -0.25) is 19.5 Å². The molecule has 0 rings (SSSR count). The minimum absolute atomic E-state index is 0.208. The second-order valence-corrected chi connectivity index (χ2v) is 9.83. The van der Waals surface area contributed by atoms with Crippen LogP contribution in [0.5, 0.6) is 0 Å². The summed E-state index contributed by atoms with van der Waals surface area (Å²) in [5.74, 6) is -0.962. The molecule has 0 fully saturated rings. The minimum Gasteiger partial charge on any atom is -0.357 e. The van der Waals surface area contributed by atoms with Gasteiger partial charge >= 0.3 is 7.60 Å². The van der Waals surface area contributed by atoms with E-state index in [1.165, 1.54) is 0 Å². The maximum Gasteiger partial charge on any atom is 0.347 e. The van der Waals surface area contributed by atoms with Crippen LogP contribution in [0.4, 0.5) is 0 Å². The fourth-order valence-electron chi connectivity index (χ4n) is 3.17. The first-order chi connectivity index (χ1) is 14.2. The van der Waals surface area contributed by atoms with Crippen molar-refractivity contribution < 1.29 is 23.2 Å². The van der Waals surface area contributed by atoms with Crippen molar-refractivity contribution in [2.75, 3.05) is 26.8 Å². The van der Waals surface area contributed by atoms with Gasteiger partial charge in [0.1, 0.15) is 11.8 Å². The molecule has 3 atom stereocenters. The molecule has 0 unspecified atom stereocenters. The van der Waals surface area contributed by atoms with Crippen molar-refractivity contribution in [2.24, 2.45) is 11.7 Å². The minimum atomic E-state index is -3.43. The highest BCUT2D eigenvalue weighted by atomic mass is 31.2. The zero-order valence-electron chi connectivity index (χ0n) is 19.5. The summed E-state index contributed by atoms with van der Waals surface area (Å²) >= 11 is 0. The average molecular weight is 451 g/mol. The second-order valence-electron chi connectivity index (χ2n) is 7.61. The van der Waals surface area contributed by atoms with Crippen molar-refractivity contribution in [1.82, 2.24) is 16.0 Å². The summed E-state index contributed by atoms with van der Waals surface area (Å²) < 4.78 is 24.2. The Balaban J connectivity index is 5.49. The summed E-state index contributed by atoms with van der Waals surface area (Å²) in [6.07, 6.45) is 3.00. The van der Waals surface area contributed by atoms with Crippen LogP contribution in [-0.4, -0.2) is 56.5 Å². The van der Waals surface area contributed by atoms with Gasteiger partial charge in [-0.25, -0.2) is 0 Å². The van der Waals surface area contributed by atoms with Crippen LogP contribution < -0.4 is 21.7 Å². The Morgan fingerprint density at radius 3 is 2.03 bits per heavy atom. The first-order valence-corrected chi connectivity index (χ1v) is 12.7. The van der Waals surface area contributed by atoms with Gasteiger partial charge in [0, 0.05) is 7.05 Å². The number of rotatable bonds is 17. The van der Waals surface area contributed by atoms with Gasteiger partial charge in [-0.05, 0) is 58.4 Å². The molecule has 0 aromatic carbocycles. The van der Waals surface area contributed by atoms with E-state index in [1.807, 2.05) is 20.8 Å². The van der Waals surface area contributed by atoms with E-state index in [0.717, 1.165) is 12.8 Å². The fourth-order valence-corrected chi connectivity index (χ4v) is 5.14. The van der Waals surface area contributed by atoms with Crippen LogP contribution >= 0.6 is 7.60 Å². The van der Waals surface area contributed by atoms with Crippen molar-refractivity contribution in [2.45, 2.75) is 84.6 Å². The smallest absolute Gasteiger partial charge is 0.347 e. The Morgan fingerprint density at radius 2 is 1.60 bits per heavy atom. The van der Waals surface area contributed by atoms with Crippen molar-refractivity contribution in [3.05, 3.63) is 0 Å². The number of unbranched alkanes of at least 4 members (excludes halogenated alkanes) is 1. The van der Waals surface area contributed by atoms with Crippen LogP contribution in [-0.2, 0) is 23.2 Å². The molecule has 0 spiro atoms. The third kappa shape index (κ3) is 10.4. The number of hydrogen-bond donors (Lipinski definition) is 4. The molecular formula is C20H43N4O5P. The SMILES string of the molecule is CCOP(=O)(OCC)[C@@H](CC)N[C@@H](CC(C)C)C(=O)N[C@@H](CCCCN)C(=O)NC. The molecular weight excluding hydrogens is 407 g/mol. The number of nitrogens with two attached hydrogens (primary N) is 1. The molecule has 5 N–H and O–H groups in total. The average Bonchev–Trinajstić information content (AvgIpc) is 2.69. The van der Waals surface area contributed by atoms with Crippen LogP contribution in [0, 0.1) is 5.92 Å². The highest BCUT2D eigenvalue weighted by Crippen LogP contribution is 2.53. The highest BCUT2D eigenvalue weighted by molar-refractivity contribution is 7.54. The Kier molecular flexibility index (Phi) is 15.2. The van der Waals surface area contributed by atoms with Crippen molar-refractivity contribution in [1.29, 1.82) is 0 Å². The monoisotopic (exact) mass is 450 g/mol. The molecule has 0 aliphatic rings. The van der Waals surface area contributed by atoms with Gasteiger partial charge in [0.2, 0.25) is 11.8 Å². The maximum atomic E-state index is 13.2. The van der Waals surface area contributed by atoms with E-state index >= 15 is 0 Å². The van der Waals surface area contributed by atoms with Gasteiger partial charge in [0.25, 0.3) is 0 Å². The normalized spacial score (nSPS) is 14.9. The molecule has 0 radical (unpaired) electrons. The number of hydrogen-bond acceptors (Lipinski definition) is 7. The molecule has 0 bridgehead atoms. The maximum absolute atomic E-state index is 13.2. The zero-order chi connectivity index (χ0) is 23.2. The lowest BCUT2D eigenvalue weighted by atomic mass is 10.0. The third-order valence-corrected chi connectivity index (χ3v) is 7.14. The predicted molar refractivity (Wildman–Crippen MR) is 120 cm³/mol. The summed E-state index contributed by atoms with van der Waals surface area (Å²) in [5.41, 5.74) is 5.54. The summed E-state index contributed by atoms with van der Waals surface area (Å²) in [6, 6.07) is -1.28. The molecule has 2 amide bonds. The lowest BCUT2D eigenvalue weighted by Gasteiger charge is -2.31. The Bertz CT molecular complexity index is 537. The Hall–Kier alpha value is -0.990. The standard InChI is InChI=1S/C20H43N4O5P/c1-7-18(30(27,28-8-2)29-9-3)23-17(14-15(4)5)20(26)24-16(19(25)22-6)12-10-11-13-21/h15-18,23H,7-14,21H2,1-6H3,(H,22,25)(H,24,26)/t16-,17-,18-/m0/s1. The molecule has 0 aromatic rings. The quantitative estimate of drug-likeness (QED) is 0.198. The molecule has 178 valence electrons.